The van der Waals surface area contributed by atoms with Crippen molar-refractivity contribution in [2.24, 2.45) is 0 Å². The first-order valence-corrected chi connectivity index (χ1v) is 10.0. The molecule has 0 aliphatic carbocycles. The van der Waals surface area contributed by atoms with Crippen LogP contribution in [0.25, 0.3) is 0 Å². The number of unbranched alkanes of at least 4 members (excludes halogenated alkanes) is 5. The van der Waals surface area contributed by atoms with E-state index in [0.29, 0.717) is 19.4 Å². The molecule has 0 saturated carbocycles. The fourth-order valence-corrected chi connectivity index (χ4v) is 4.54. The van der Waals surface area contributed by atoms with E-state index >= 15 is 0 Å². The number of carbonyl (C=O) groups is 2. The Bertz CT molecular complexity index is 336. The molecule has 0 atom stereocenters. The maximum atomic E-state index is 11.4. The molecule has 1 aliphatic rings. The average Bonchev–Trinajstić information content (AvgIpc) is 2.86. The highest BCUT2D eigenvalue weighted by Crippen LogP contribution is 2.18. The smallest absolute Gasteiger partial charge is 0.377 e. The molecule has 7 heteroatoms. The zero-order valence-corrected chi connectivity index (χ0v) is 15.1. The highest BCUT2D eigenvalue weighted by atomic mass is 28.4. The lowest BCUT2D eigenvalue weighted by Gasteiger charge is -2.24. The molecular weight excluding hydrogens is 302 g/mol. The van der Waals surface area contributed by atoms with Crippen LogP contribution in [0.3, 0.4) is 0 Å². The summed E-state index contributed by atoms with van der Waals surface area (Å²) in [5, 5.41) is 0. The molecule has 1 fully saturated rings. The number of hydrogen-bond acceptors (Lipinski definition) is 5. The van der Waals surface area contributed by atoms with Crippen LogP contribution in [0.5, 0.6) is 0 Å². The molecule has 1 aliphatic heterocycles. The second kappa shape index (κ2) is 10.1. The van der Waals surface area contributed by atoms with Crippen LogP contribution in [0.4, 0.5) is 0 Å². The van der Waals surface area contributed by atoms with Gasteiger partial charge in [0.05, 0.1) is 0 Å². The molecule has 128 valence electrons. The summed E-state index contributed by atoms with van der Waals surface area (Å²) in [6.45, 7) is 0.588. The number of imide groups is 1. The summed E-state index contributed by atoms with van der Waals surface area (Å²) in [6.07, 6.45) is 7.16. The molecule has 0 spiro atoms. The van der Waals surface area contributed by atoms with E-state index in [9.17, 15) is 9.59 Å². The molecule has 1 saturated heterocycles. The minimum Gasteiger partial charge on any atom is -0.377 e. The van der Waals surface area contributed by atoms with Crippen molar-refractivity contribution in [1.29, 1.82) is 0 Å². The molecule has 1 heterocycles. The largest absolute Gasteiger partial charge is 0.500 e. The van der Waals surface area contributed by atoms with Crippen LogP contribution in [0.2, 0.25) is 6.04 Å². The van der Waals surface area contributed by atoms with Crippen molar-refractivity contribution in [2.75, 3.05) is 27.9 Å². The topological polar surface area (TPSA) is 65.1 Å². The molecule has 2 amide bonds. The maximum absolute atomic E-state index is 11.4. The van der Waals surface area contributed by atoms with Gasteiger partial charge in [-0.15, -0.1) is 0 Å². The third-order valence-electron chi connectivity index (χ3n) is 4.20. The normalized spacial score (nSPS) is 15.9. The van der Waals surface area contributed by atoms with Gasteiger partial charge in [0.15, 0.2) is 0 Å². The number of rotatable bonds is 12. The Balaban J connectivity index is 2.02. The highest BCUT2D eigenvalue weighted by Gasteiger charge is 2.36. The Morgan fingerprint density at radius 1 is 0.818 bits per heavy atom. The number of likely N-dealkylation sites (tertiary alicyclic amines) is 1. The van der Waals surface area contributed by atoms with Crippen LogP contribution in [-0.4, -0.2) is 53.4 Å². The van der Waals surface area contributed by atoms with Gasteiger partial charge in [-0.05, 0) is 12.8 Å². The van der Waals surface area contributed by atoms with Crippen LogP contribution < -0.4 is 0 Å². The minimum atomic E-state index is -2.41. The Morgan fingerprint density at radius 3 is 1.77 bits per heavy atom. The van der Waals surface area contributed by atoms with Crippen LogP contribution >= 0.6 is 0 Å². The summed E-state index contributed by atoms with van der Waals surface area (Å²) in [7, 11) is 2.51. The molecular formula is C15H29NO5Si. The SMILES string of the molecule is CO[Si](CCCCCCCCN1C(=O)CCC1=O)(OC)OC. The van der Waals surface area contributed by atoms with E-state index in [0.717, 1.165) is 44.6 Å². The molecule has 0 bridgehead atoms. The van der Waals surface area contributed by atoms with Gasteiger partial charge in [-0.2, -0.15) is 0 Å². The van der Waals surface area contributed by atoms with E-state index in [1.54, 1.807) is 21.3 Å². The van der Waals surface area contributed by atoms with Gasteiger partial charge in [0, 0.05) is 46.8 Å². The third-order valence-corrected chi connectivity index (χ3v) is 7.03. The molecule has 1 rings (SSSR count). The maximum Gasteiger partial charge on any atom is 0.500 e. The van der Waals surface area contributed by atoms with Gasteiger partial charge >= 0.3 is 8.80 Å². The second-order valence-electron chi connectivity index (χ2n) is 5.61. The number of carbonyl (C=O) groups excluding carboxylic acids is 2. The molecule has 0 N–H and O–H groups in total. The number of hydrogen-bond donors (Lipinski definition) is 0. The van der Waals surface area contributed by atoms with Gasteiger partial charge in [0.25, 0.3) is 0 Å². The summed E-state index contributed by atoms with van der Waals surface area (Å²) >= 11 is 0. The molecule has 6 nitrogen and oxygen atoms in total. The highest BCUT2D eigenvalue weighted by molar-refractivity contribution is 6.60. The summed E-state index contributed by atoms with van der Waals surface area (Å²) in [4.78, 5) is 24.3. The summed E-state index contributed by atoms with van der Waals surface area (Å²) in [5.41, 5.74) is 0. The Hall–Kier alpha value is -0.763. The molecule has 0 aromatic heterocycles. The molecule has 0 aromatic carbocycles. The first kappa shape index (κ1) is 19.3. The standard InChI is InChI=1S/C15H29NO5Si/c1-19-22(20-2,21-3)13-9-7-5-4-6-8-12-16-14(17)10-11-15(16)18/h4-13H2,1-3H3. The van der Waals surface area contributed by atoms with Gasteiger partial charge in [-0.25, -0.2) is 0 Å². The van der Waals surface area contributed by atoms with Crippen molar-refractivity contribution < 1.29 is 22.9 Å². The monoisotopic (exact) mass is 331 g/mol. The predicted molar refractivity (Wildman–Crippen MR) is 85.2 cm³/mol. The van der Waals surface area contributed by atoms with E-state index in [-0.39, 0.29) is 11.8 Å². The van der Waals surface area contributed by atoms with Crippen molar-refractivity contribution >= 4 is 20.6 Å². The molecule has 0 radical (unpaired) electrons. The first-order valence-electron chi connectivity index (χ1n) is 8.07. The first-order chi connectivity index (χ1) is 10.6. The van der Waals surface area contributed by atoms with E-state index in [4.69, 9.17) is 13.3 Å². The quantitative estimate of drug-likeness (QED) is 0.312. The van der Waals surface area contributed by atoms with Crippen molar-refractivity contribution in [3.63, 3.8) is 0 Å². The van der Waals surface area contributed by atoms with Crippen LogP contribution in [0.1, 0.15) is 51.4 Å². The lowest BCUT2D eigenvalue weighted by Crippen LogP contribution is -2.42. The van der Waals surface area contributed by atoms with Crippen LogP contribution in [0, 0.1) is 0 Å². The van der Waals surface area contributed by atoms with Crippen LogP contribution in [0.15, 0.2) is 0 Å². The van der Waals surface area contributed by atoms with Crippen molar-refractivity contribution in [3.8, 4) is 0 Å². The number of nitrogens with zero attached hydrogens (tertiary/aromatic N) is 1. The minimum absolute atomic E-state index is 0.00926. The van der Waals surface area contributed by atoms with Gasteiger partial charge in [0.2, 0.25) is 11.8 Å². The summed E-state index contributed by atoms with van der Waals surface area (Å²) < 4.78 is 16.2. The van der Waals surface area contributed by atoms with Crippen LogP contribution in [-0.2, 0) is 22.9 Å². The Kier molecular flexibility index (Phi) is 8.85. The van der Waals surface area contributed by atoms with Gasteiger partial charge in [-0.1, -0.05) is 25.7 Å². The van der Waals surface area contributed by atoms with Gasteiger partial charge in [-0.3, -0.25) is 14.5 Å². The summed E-state index contributed by atoms with van der Waals surface area (Å²) in [5.74, 6) is -0.0185. The zero-order chi connectivity index (χ0) is 16.4. The average molecular weight is 331 g/mol. The second-order valence-corrected chi connectivity index (χ2v) is 8.70. The van der Waals surface area contributed by atoms with E-state index in [2.05, 4.69) is 0 Å². The van der Waals surface area contributed by atoms with Gasteiger partial charge < -0.3 is 13.3 Å². The molecule has 22 heavy (non-hydrogen) atoms. The third kappa shape index (κ3) is 5.79. The van der Waals surface area contributed by atoms with Crippen molar-refractivity contribution in [2.45, 2.75) is 57.4 Å². The van der Waals surface area contributed by atoms with Crippen molar-refractivity contribution in [1.82, 2.24) is 4.90 Å². The van der Waals surface area contributed by atoms with Gasteiger partial charge in [0.1, 0.15) is 0 Å². The number of amides is 2. The summed E-state index contributed by atoms with van der Waals surface area (Å²) in [6, 6.07) is 0.841. The fraction of sp³-hybridized carbons (Fsp3) is 0.867. The fourth-order valence-electron chi connectivity index (χ4n) is 2.75. The van der Waals surface area contributed by atoms with E-state index in [1.165, 1.54) is 4.90 Å². The lowest BCUT2D eigenvalue weighted by molar-refractivity contribution is -0.138. The lowest BCUT2D eigenvalue weighted by atomic mass is 10.1. The Morgan fingerprint density at radius 2 is 1.27 bits per heavy atom. The molecule has 0 unspecified atom stereocenters. The zero-order valence-electron chi connectivity index (χ0n) is 14.1. The van der Waals surface area contributed by atoms with E-state index in [1.807, 2.05) is 0 Å². The van der Waals surface area contributed by atoms with E-state index < -0.39 is 8.80 Å². The predicted octanol–water partition coefficient (Wildman–Crippen LogP) is 2.35. The Labute approximate surface area is 134 Å². The van der Waals surface area contributed by atoms with Crippen molar-refractivity contribution in [3.05, 3.63) is 0 Å². The molecule has 0 aromatic rings.